The topological polar surface area (TPSA) is 102 Å². The first kappa shape index (κ1) is 19.4. The second-order valence-corrected chi connectivity index (χ2v) is 8.24. The Morgan fingerprint density at radius 1 is 1.50 bits per heavy atom. The second-order valence-electron chi connectivity index (χ2n) is 5.63. The van der Waals surface area contributed by atoms with E-state index in [0.717, 1.165) is 25.9 Å². The molecule has 2 rings (SSSR count). The maximum absolute atomic E-state index is 12.6. The number of sulfonamides is 1. The normalized spacial score (nSPS) is 18.6. The van der Waals surface area contributed by atoms with Gasteiger partial charge in [0, 0.05) is 16.2 Å². The predicted molar refractivity (Wildman–Crippen MR) is 99.7 cm³/mol. The highest BCUT2D eigenvalue weighted by molar-refractivity contribution is 14.1. The Bertz CT molecular complexity index is 724. The first-order valence-electron chi connectivity index (χ1n) is 7.71. The van der Waals surface area contributed by atoms with Crippen LogP contribution in [0.3, 0.4) is 0 Å². The summed E-state index contributed by atoms with van der Waals surface area (Å²) >= 11 is 1.82. The van der Waals surface area contributed by atoms with Gasteiger partial charge in [-0.3, -0.25) is 9.69 Å². The lowest BCUT2D eigenvalue weighted by Gasteiger charge is -2.23. The molecule has 1 amide bonds. The molecule has 9 heteroatoms. The summed E-state index contributed by atoms with van der Waals surface area (Å²) in [5, 5.41) is 8.11. The summed E-state index contributed by atoms with van der Waals surface area (Å²) in [5.41, 5.74) is 0.200. The van der Waals surface area contributed by atoms with Crippen molar-refractivity contribution in [2.45, 2.75) is 30.7 Å². The molecule has 3 N–H and O–H groups in total. The third-order valence-corrected chi connectivity index (χ3v) is 6.67. The Hall–Kier alpha value is -0.910. The number of amides is 1. The standard InChI is InChI=1S/C15H22IN3O4S/c1-3-19-8-4-5-10(19)9-18-15(20)13-11(23-2)6-7-12(14(13)16)24(17,21)22/h6-7,10H,3-5,8-9H2,1-2H3,(H,18,20)(H2,17,21,22)/t10-/m0/s1. The Morgan fingerprint density at radius 3 is 2.79 bits per heavy atom. The number of hydrogen-bond donors (Lipinski definition) is 2. The van der Waals surface area contributed by atoms with Gasteiger partial charge in [-0.2, -0.15) is 0 Å². The molecule has 1 aliphatic rings. The van der Waals surface area contributed by atoms with E-state index in [1.165, 1.54) is 19.2 Å². The van der Waals surface area contributed by atoms with Crippen LogP contribution in [0.4, 0.5) is 0 Å². The van der Waals surface area contributed by atoms with Crippen LogP contribution in [0.5, 0.6) is 5.75 Å². The van der Waals surface area contributed by atoms with Crippen molar-refractivity contribution >= 4 is 38.5 Å². The molecule has 1 aromatic rings. The smallest absolute Gasteiger partial charge is 0.256 e. The number of likely N-dealkylation sites (N-methyl/N-ethyl adjacent to an activating group) is 1. The molecular weight excluding hydrogens is 445 g/mol. The highest BCUT2D eigenvalue weighted by Crippen LogP contribution is 2.29. The molecule has 1 fully saturated rings. The molecule has 7 nitrogen and oxygen atoms in total. The first-order chi connectivity index (χ1) is 11.3. The molecule has 0 aromatic heterocycles. The molecule has 0 unspecified atom stereocenters. The Kier molecular flexibility index (Phi) is 6.46. The minimum atomic E-state index is -3.91. The quantitative estimate of drug-likeness (QED) is 0.612. The summed E-state index contributed by atoms with van der Waals surface area (Å²) < 4.78 is 28.8. The van der Waals surface area contributed by atoms with E-state index < -0.39 is 10.0 Å². The van der Waals surface area contributed by atoms with Crippen LogP contribution in [0.25, 0.3) is 0 Å². The Balaban J connectivity index is 2.24. The van der Waals surface area contributed by atoms with Gasteiger partial charge in [0.1, 0.15) is 5.75 Å². The van der Waals surface area contributed by atoms with Crippen LogP contribution >= 0.6 is 22.6 Å². The molecule has 0 saturated carbocycles. The number of nitrogens with one attached hydrogen (secondary N) is 1. The van der Waals surface area contributed by atoms with Crippen molar-refractivity contribution in [1.29, 1.82) is 0 Å². The molecule has 1 heterocycles. The van der Waals surface area contributed by atoms with E-state index in [2.05, 4.69) is 17.1 Å². The van der Waals surface area contributed by atoms with Crippen molar-refractivity contribution in [3.63, 3.8) is 0 Å². The van der Waals surface area contributed by atoms with Gasteiger partial charge in [-0.15, -0.1) is 0 Å². The lowest BCUT2D eigenvalue weighted by molar-refractivity contribution is 0.0937. The van der Waals surface area contributed by atoms with Crippen molar-refractivity contribution in [1.82, 2.24) is 10.2 Å². The molecule has 24 heavy (non-hydrogen) atoms. The minimum Gasteiger partial charge on any atom is -0.496 e. The average molecular weight is 467 g/mol. The van der Waals surface area contributed by atoms with Crippen molar-refractivity contribution in [2.24, 2.45) is 5.14 Å². The Labute approximate surface area is 156 Å². The van der Waals surface area contributed by atoms with Crippen molar-refractivity contribution in [2.75, 3.05) is 26.7 Å². The summed E-state index contributed by atoms with van der Waals surface area (Å²) in [6, 6.07) is 3.11. The maximum Gasteiger partial charge on any atom is 0.256 e. The lowest BCUT2D eigenvalue weighted by Crippen LogP contribution is -2.40. The van der Waals surface area contributed by atoms with Gasteiger partial charge in [-0.25, -0.2) is 13.6 Å². The van der Waals surface area contributed by atoms with Gasteiger partial charge < -0.3 is 10.1 Å². The highest BCUT2D eigenvalue weighted by atomic mass is 127. The van der Waals surface area contributed by atoms with Crippen molar-refractivity contribution < 1.29 is 17.9 Å². The van der Waals surface area contributed by atoms with Crippen LogP contribution in [-0.2, 0) is 10.0 Å². The molecular formula is C15H22IN3O4S. The number of benzene rings is 1. The van der Waals surface area contributed by atoms with E-state index in [9.17, 15) is 13.2 Å². The number of methoxy groups -OCH3 is 1. The summed E-state index contributed by atoms with van der Waals surface area (Å²) in [6.07, 6.45) is 2.16. The van der Waals surface area contributed by atoms with Gasteiger partial charge in [0.25, 0.3) is 5.91 Å². The zero-order chi connectivity index (χ0) is 17.9. The van der Waals surface area contributed by atoms with Gasteiger partial charge in [0.05, 0.1) is 17.6 Å². The number of likely N-dealkylation sites (tertiary alicyclic amines) is 1. The van der Waals surface area contributed by atoms with E-state index in [1.54, 1.807) is 0 Å². The van der Waals surface area contributed by atoms with E-state index in [0.29, 0.717) is 18.3 Å². The zero-order valence-electron chi connectivity index (χ0n) is 13.7. The van der Waals surface area contributed by atoms with Crippen molar-refractivity contribution in [3.05, 3.63) is 21.3 Å². The number of carbonyl (C=O) groups is 1. The van der Waals surface area contributed by atoms with E-state index in [4.69, 9.17) is 9.88 Å². The molecule has 0 aliphatic carbocycles. The molecule has 0 bridgehead atoms. The van der Waals surface area contributed by atoms with Gasteiger partial charge >= 0.3 is 0 Å². The monoisotopic (exact) mass is 467 g/mol. The van der Waals surface area contributed by atoms with Gasteiger partial charge in [0.2, 0.25) is 10.0 Å². The number of nitrogens with zero attached hydrogens (tertiary/aromatic N) is 1. The third kappa shape index (κ3) is 4.19. The number of rotatable bonds is 6. The van der Waals surface area contributed by atoms with E-state index in [-0.39, 0.29) is 19.9 Å². The van der Waals surface area contributed by atoms with E-state index in [1.807, 2.05) is 22.6 Å². The van der Waals surface area contributed by atoms with Gasteiger partial charge in [-0.05, 0) is 60.7 Å². The fourth-order valence-corrected chi connectivity index (χ4v) is 5.20. The predicted octanol–water partition coefficient (Wildman–Crippen LogP) is 1.16. The fourth-order valence-electron chi connectivity index (χ4n) is 2.98. The average Bonchev–Trinajstić information content (AvgIpc) is 2.98. The summed E-state index contributed by atoms with van der Waals surface area (Å²) in [7, 11) is -2.47. The maximum atomic E-state index is 12.6. The number of carbonyl (C=O) groups excluding carboxylic acids is 1. The molecule has 1 aliphatic heterocycles. The van der Waals surface area contributed by atoms with Crippen LogP contribution in [-0.4, -0.2) is 52.0 Å². The number of halogens is 1. The largest absolute Gasteiger partial charge is 0.496 e. The van der Waals surface area contributed by atoms with Crippen LogP contribution in [0.15, 0.2) is 17.0 Å². The van der Waals surface area contributed by atoms with Gasteiger partial charge in [-0.1, -0.05) is 6.92 Å². The molecule has 1 saturated heterocycles. The number of hydrogen-bond acceptors (Lipinski definition) is 5. The van der Waals surface area contributed by atoms with Crippen LogP contribution in [0.1, 0.15) is 30.1 Å². The van der Waals surface area contributed by atoms with Crippen molar-refractivity contribution in [3.8, 4) is 5.75 Å². The molecule has 1 aromatic carbocycles. The van der Waals surface area contributed by atoms with Crippen LogP contribution in [0.2, 0.25) is 0 Å². The second kappa shape index (κ2) is 7.98. The van der Waals surface area contributed by atoms with Crippen LogP contribution < -0.4 is 15.2 Å². The molecule has 0 spiro atoms. The molecule has 0 radical (unpaired) electrons. The number of nitrogens with two attached hydrogens (primary N) is 1. The number of primary sulfonamides is 1. The summed E-state index contributed by atoms with van der Waals surface area (Å²) in [5.74, 6) is -0.0345. The third-order valence-electron chi connectivity index (χ3n) is 4.23. The van der Waals surface area contributed by atoms with Crippen LogP contribution in [0, 0.1) is 3.57 Å². The lowest BCUT2D eigenvalue weighted by atomic mass is 10.1. The Morgan fingerprint density at radius 2 is 2.21 bits per heavy atom. The summed E-state index contributed by atoms with van der Waals surface area (Å²) in [6.45, 7) is 4.61. The zero-order valence-corrected chi connectivity index (χ0v) is 16.7. The first-order valence-corrected chi connectivity index (χ1v) is 10.3. The molecule has 134 valence electrons. The van der Waals surface area contributed by atoms with Gasteiger partial charge in [0.15, 0.2) is 0 Å². The minimum absolute atomic E-state index is 0.0786. The van der Waals surface area contributed by atoms with E-state index >= 15 is 0 Å². The highest BCUT2D eigenvalue weighted by Gasteiger charge is 2.26. The fraction of sp³-hybridized carbons (Fsp3) is 0.533. The summed E-state index contributed by atoms with van der Waals surface area (Å²) in [4.78, 5) is 14.9. The number of ether oxygens (including phenoxy) is 1. The SMILES string of the molecule is CCN1CCC[C@H]1CNC(=O)c1c(OC)ccc(S(N)(=O)=O)c1I. The molecule has 1 atom stereocenters.